The number of rotatable bonds is 3. The van der Waals surface area contributed by atoms with Gasteiger partial charge in [0.05, 0.1) is 10.7 Å². The minimum absolute atomic E-state index is 0.0880. The molecule has 0 atom stereocenters. The van der Waals surface area contributed by atoms with Crippen molar-refractivity contribution < 1.29 is 14.3 Å². The third-order valence-electron chi connectivity index (χ3n) is 4.88. The number of carbonyl (C=O) groups is 1. The fraction of sp³-hybridized carbons (Fsp3) is 0.238. The zero-order chi connectivity index (χ0) is 19.0. The maximum absolute atomic E-state index is 12.2. The second-order valence-electron chi connectivity index (χ2n) is 6.77. The summed E-state index contributed by atoms with van der Waals surface area (Å²) in [6.07, 6.45) is 5.51. The van der Waals surface area contributed by atoms with Crippen molar-refractivity contribution in [1.29, 1.82) is 0 Å². The van der Waals surface area contributed by atoms with E-state index in [1.807, 2.05) is 19.1 Å². The van der Waals surface area contributed by atoms with Crippen LogP contribution in [0.1, 0.15) is 45.7 Å². The lowest BCUT2D eigenvalue weighted by atomic mass is 9.94. The predicted molar refractivity (Wildman–Crippen MR) is 108 cm³/mol. The summed E-state index contributed by atoms with van der Waals surface area (Å²) in [6.45, 7) is 1.97. The number of furan rings is 1. The van der Waals surface area contributed by atoms with Crippen LogP contribution in [-0.4, -0.2) is 17.2 Å². The molecule has 0 bridgehead atoms. The standard InChI is InChI=1S/C21H19BrN2O3/c1-12-6-8-13(9-7-12)21(26)24-23-11-15-19-14-4-2-3-5-17(14)27-18(19)10-16(22)20(15)25/h6-11,25H,2-5H2,1H3,(H,24,26)/b23-11-. The van der Waals surface area contributed by atoms with Gasteiger partial charge in [0.1, 0.15) is 17.1 Å². The predicted octanol–water partition coefficient (Wildman–Crippen LogP) is 4.85. The second kappa shape index (κ2) is 7.19. The van der Waals surface area contributed by atoms with E-state index in [2.05, 4.69) is 26.5 Å². The summed E-state index contributed by atoms with van der Waals surface area (Å²) in [6, 6.07) is 9.04. The summed E-state index contributed by atoms with van der Waals surface area (Å²) in [7, 11) is 0. The molecule has 2 N–H and O–H groups in total. The van der Waals surface area contributed by atoms with Gasteiger partial charge in [0.2, 0.25) is 0 Å². The van der Waals surface area contributed by atoms with Crippen LogP contribution < -0.4 is 5.43 Å². The smallest absolute Gasteiger partial charge is 0.271 e. The quantitative estimate of drug-likeness (QED) is 0.464. The normalized spacial score (nSPS) is 13.9. The molecule has 4 rings (SSSR count). The highest BCUT2D eigenvalue weighted by molar-refractivity contribution is 9.10. The average molecular weight is 427 g/mol. The Morgan fingerprint density at radius 2 is 2.00 bits per heavy atom. The summed E-state index contributed by atoms with van der Waals surface area (Å²) in [4.78, 5) is 12.2. The monoisotopic (exact) mass is 426 g/mol. The van der Waals surface area contributed by atoms with Gasteiger partial charge < -0.3 is 9.52 Å². The van der Waals surface area contributed by atoms with E-state index >= 15 is 0 Å². The van der Waals surface area contributed by atoms with Gasteiger partial charge in [-0.15, -0.1) is 0 Å². The van der Waals surface area contributed by atoms with Crippen LogP contribution in [-0.2, 0) is 12.8 Å². The molecule has 1 aliphatic carbocycles. The molecule has 0 spiro atoms. The number of phenols is 1. The average Bonchev–Trinajstić information content (AvgIpc) is 3.03. The number of fused-ring (bicyclic) bond motifs is 3. The number of hydrogen-bond donors (Lipinski definition) is 2. The van der Waals surface area contributed by atoms with Gasteiger partial charge in [0, 0.05) is 28.5 Å². The fourth-order valence-corrected chi connectivity index (χ4v) is 3.89. The number of phenolic OH excluding ortho intramolecular Hbond substituents is 1. The molecule has 0 saturated carbocycles. The number of aromatic hydroxyl groups is 1. The van der Waals surface area contributed by atoms with Crippen LogP contribution in [0, 0.1) is 6.92 Å². The molecule has 2 aromatic carbocycles. The first kappa shape index (κ1) is 17.8. The minimum atomic E-state index is -0.300. The second-order valence-corrected chi connectivity index (χ2v) is 7.62. The Labute approximate surface area is 165 Å². The van der Waals surface area contributed by atoms with Crippen LogP contribution in [0.5, 0.6) is 5.75 Å². The Morgan fingerprint density at radius 1 is 1.26 bits per heavy atom. The molecule has 1 heterocycles. The highest BCUT2D eigenvalue weighted by atomic mass is 79.9. The van der Waals surface area contributed by atoms with Crippen molar-refractivity contribution in [2.75, 3.05) is 0 Å². The van der Waals surface area contributed by atoms with E-state index in [0.29, 0.717) is 15.6 Å². The Bertz CT molecular complexity index is 1050. The zero-order valence-corrected chi connectivity index (χ0v) is 16.5. The van der Waals surface area contributed by atoms with Crippen LogP contribution in [0.25, 0.3) is 11.0 Å². The van der Waals surface area contributed by atoms with Crippen molar-refractivity contribution in [1.82, 2.24) is 5.43 Å². The molecule has 138 valence electrons. The zero-order valence-electron chi connectivity index (χ0n) is 14.9. The van der Waals surface area contributed by atoms with Gasteiger partial charge in [-0.05, 0) is 60.3 Å². The summed E-state index contributed by atoms with van der Waals surface area (Å²) in [5, 5.41) is 15.5. The first-order chi connectivity index (χ1) is 13.0. The van der Waals surface area contributed by atoms with Crippen LogP contribution in [0.2, 0.25) is 0 Å². The van der Waals surface area contributed by atoms with Crippen molar-refractivity contribution >= 4 is 39.0 Å². The van der Waals surface area contributed by atoms with Gasteiger partial charge >= 0.3 is 0 Å². The minimum Gasteiger partial charge on any atom is -0.506 e. The molecule has 1 amide bonds. The van der Waals surface area contributed by atoms with E-state index < -0.39 is 0 Å². The Hall–Kier alpha value is -2.60. The molecule has 27 heavy (non-hydrogen) atoms. The van der Waals surface area contributed by atoms with Gasteiger partial charge in [-0.25, -0.2) is 5.43 Å². The van der Waals surface area contributed by atoms with Crippen molar-refractivity contribution in [3.05, 3.63) is 62.8 Å². The molecule has 0 fully saturated rings. The number of benzene rings is 2. The van der Waals surface area contributed by atoms with Crippen LogP contribution in [0.15, 0.2) is 44.3 Å². The topological polar surface area (TPSA) is 74.8 Å². The molecule has 6 heteroatoms. The molecule has 1 aromatic heterocycles. The van der Waals surface area contributed by atoms with Gasteiger partial charge in [-0.2, -0.15) is 5.10 Å². The summed E-state index contributed by atoms with van der Waals surface area (Å²) >= 11 is 3.37. The highest BCUT2D eigenvalue weighted by Crippen LogP contribution is 2.40. The van der Waals surface area contributed by atoms with Crippen molar-refractivity contribution in [3.8, 4) is 5.75 Å². The Morgan fingerprint density at radius 3 is 2.78 bits per heavy atom. The highest BCUT2D eigenvalue weighted by Gasteiger charge is 2.22. The van der Waals surface area contributed by atoms with E-state index in [0.717, 1.165) is 53.5 Å². The van der Waals surface area contributed by atoms with E-state index in [-0.39, 0.29) is 11.7 Å². The van der Waals surface area contributed by atoms with Crippen LogP contribution in [0.3, 0.4) is 0 Å². The summed E-state index contributed by atoms with van der Waals surface area (Å²) < 4.78 is 6.52. The van der Waals surface area contributed by atoms with E-state index in [4.69, 9.17) is 4.42 Å². The Kier molecular flexibility index (Phi) is 4.74. The van der Waals surface area contributed by atoms with Crippen LogP contribution in [0.4, 0.5) is 0 Å². The molecular formula is C21H19BrN2O3. The number of carbonyl (C=O) groups excluding carboxylic acids is 1. The first-order valence-corrected chi connectivity index (χ1v) is 9.69. The molecule has 0 aliphatic heterocycles. The molecule has 3 aromatic rings. The number of nitrogens with one attached hydrogen (secondary N) is 1. The SMILES string of the molecule is Cc1ccc(C(=O)N/N=C\c2c(O)c(Br)cc3oc4c(c23)CCCC4)cc1. The van der Waals surface area contributed by atoms with Crippen molar-refractivity contribution in [2.24, 2.45) is 5.10 Å². The maximum atomic E-state index is 12.2. The summed E-state index contributed by atoms with van der Waals surface area (Å²) in [5.41, 5.74) is 6.54. The summed E-state index contributed by atoms with van der Waals surface area (Å²) in [5.74, 6) is 0.767. The fourth-order valence-electron chi connectivity index (χ4n) is 3.47. The van der Waals surface area contributed by atoms with Gasteiger partial charge in [0.25, 0.3) is 5.91 Å². The lowest BCUT2D eigenvalue weighted by molar-refractivity contribution is 0.0955. The molecule has 5 nitrogen and oxygen atoms in total. The number of hydrogen-bond acceptors (Lipinski definition) is 4. The molecule has 0 unspecified atom stereocenters. The van der Waals surface area contributed by atoms with Crippen LogP contribution >= 0.6 is 15.9 Å². The number of aryl methyl sites for hydroxylation is 3. The van der Waals surface area contributed by atoms with Gasteiger partial charge in [-0.1, -0.05) is 17.7 Å². The maximum Gasteiger partial charge on any atom is 0.271 e. The number of nitrogens with zero attached hydrogens (tertiary/aromatic N) is 1. The number of hydrazone groups is 1. The Balaban J connectivity index is 1.67. The van der Waals surface area contributed by atoms with E-state index in [9.17, 15) is 9.90 Å². The van der Waals surface area contributed by atoms with E-state index in [1.54, 1.807) is 18.2 Å². The largest absolute Gasteiger partial charge is 0.506 e. The number of halogens is 1. The number of amides is 1. The molecule has 1 aliphatic rings. The van der Waals surface area contributed by atoms with Gasteiger partial charge in [-0.3, -0.25) is 4.79 Å². The van der Waals surface area contributed by atoms with Crippen molar-refractivity contribution in [2.45, 2.75) is 32.6 Å². The third kappa shape index (κ3) is 3.37. The molecule has 0 saturated heterocycles. The molecule has 0 radical (unpaired) electrons. The molecular weight excluding hydrogens is 408 g/mol. The van der Waals surface area contributed by atoms with Crippen molar-refractivity contribution in [3.63, 3.8) is 0 Å². The first-order valence-electron chi connectivity index (χ1n) is 8.90. The van der Waals surface area contributed by atoms with Gasteiger partial charge in [0.15, 0.2) is 0 Å². The lowest BCUT2D eigenvalue weighted by Crippen LogP contribution is -2.17. The lowest BCUT2D eigenvalue weighted by Gasteiger charge is -2.10. The van der Waals surface area contributed by atoms with E-state index in [1.165, 1.54) is 6.21 Å². The third-order valence-corrected chi connectivity index (χ3v) is 5.49.